The van der Waals surface area contributed by atoms with Gasteiger partial charge in [0.05, 0.1) is 18.9 Å². The van der Waals surface area contributed by atoms with Crippen molar-refractivity contribution in [2.24, 2.45) is 5.92 Å². The standard InChI is InChI=1S/C18H22N2O4/c1-12(2)16(20-17(22)15-9-6-10-24-15)18(23)19-14(11-21)13-7-4-3-5-8-13/h3-10,12,14,16,21H,11H2,1-2H3,(H,19,23)(H,20,22)/t14-,16?/m1/s1. The third kappa shape index (κ3) is 4.45. The Bertz CT molecular complexity index is 653. The Hall–Kier alpha value is -2.60. The van der Waals surface area contributed by atoms with Gasteiger partial charge in [-0.05, 0) is 23.6 Å². The highest BCUT2D eigenvalue weighted by molar-refractivity contribution is 5.95. The molecular weight excluding hydrogens is 308 g/mol. The number of carbonyl (C=O) groups is 2. The number of benzene rings is 1. The lowest BCUT2D eigenvalue weighted by molar-refractivity contribution is -0.125. The van der Waals surface area contributed by atoms with Crippen molar-refractivity contribution in [1.29, 1.82) is 0 Å². The summed E-state index contributed by atoms with van der Waals surface area (Å²) in [5.74, 6) is -0.781. The summed E-state index contributed by atoms with van der Waals surface area (Å²) in [5.41, 5.74) is 0.799. The van der Waals surface area contributed by atoms with Crippen LogP contribution in [0.4, 0.5) is 0 Å². The number of hydrogen-bond acceptors (Lipinski definition) is 4. The van der Waals surface area contributed by atoms with Crippen LogP contribution in [0.5, 0.6) is 0 Å². The molecule has 1 heterocycles. The van der Waals surface area contributed by atoms with Crippen LogP contribution >= 0.6 is 0 Å². The molecule has 24 heavy (non-hydrogen) atoms. The van der Waals surface area contributed by atoms with Crippen molar-refractivity contribution in [2.45, 2.75) is 25.9 Å². The van der Waals surface area contributed by atoms with Crippen molar-refractivity contribution < 1.29 is 19.1 Å². The summed E-state index contributed by atoms with van der Waals surface area (Å²) >= 11 is 0. The molecular formula is C18H22N2O4. The van der Waals surface area contributed by atoms with Crippen molar-refractivity contribution in [3.63, 3.8) is 0 Å². The van der Waals surface area contributed by atoms with Crippen LogP contribution < -0.4 is 10.6 Å². The van der Waals surface area contributed by atoms with E-state index in [0.29, 0.717) is 0 Å². The lowest BCUT2D eigenvalue weighted by atomic mass is 10.0. The maximum Gasteiger partial charge on any atom is 0.287 e. The van der Waals surface area contributed by atoms with Crippen molar-refractivity contribution in [3.05, 3.63) is 60.1 Å². The second-order valence-electron chi connectivity index (χ2n) is 5.83. The van der Waals surface area contributed by atoms with Crippen LogP contribution in [0.3, 0.4) is 0 Å². The molecule has 1 unspecified atom stereocenters. The van der Waals surface area contributed by atoms with E-state index in [4.69, 9.17) is 4.42 Å². The number of amides is 2. The molecule has 1 aromatic carbocycles. The predicted octanol–water partition coefficient (Wildman–Crippen LogP) is 1.88. The minimum absolute atomic E-state index is 0.126. The smallest absolute Gasteiger partial charge is 0.287 e. The van der Waals surface area contributed by atoms with E-state index in [9.17, 15) is 14.7 Å². The van der Waals surface area contributed by atoms with Crippen LogP contribution in [0.15, 0.2) is 53.1 Å². The van der Waals surface area contributed by atoms with Crippen molar-refractivity contribution in [1.82, 2.24) is 10.6 Å². The molecule has 0 aliphatic rings. The molecule has 3 N–H and O–H groups in total. The molecule has 0 fully saturated rings. The van der Waals surface area contributed by atoms with E-state index in [1.165, 1.54) is 12.3 Å². The van der Waals surface area contributed by atoms with Crippen LogP contribution in [0.1, 0.15) is 36.0 Å². The highest BCUT2D eigenvalue weighted by Crippen LogP contribution is 2.13. The zero-order valence-electron chi connectivity index (χ0n) is 13.7. The van der Waals surface area contributed by atoms with Gasteiger partial charge in [-0.3, -0.25) is 9.59 Å². The minimum atomic E-state index is -0.736. The number of aliphatic hydroxyl groups excluding tert-OH is 1. The highest BCUT2D eigenvalue weighted by Gasteiger charge is 2.27. The second-order valence-corrected chi connectivity index (χ2v) is 5.83. The number of nitrogens with one attached hydrogen (secondary N) is 2. The Kier molecular flexibility index (Phi) is 6.14. The van der Waals surface area contributed by atoms with Gasteiger partial charge in [-0.2, -0.15) is 0 Å². The van der Waals surface area contributed by atoms with Crippen molar-refractivity contribution >= 4 is 11.8 Å². The number of aliphatic hydroxyl groups is 1. The molecule has 0 aliphatic heterocycles. The third-order valence-corrected chi connectivity index (χ3v) is 3.68. The Morgan fingerprint density at radius 1 is 1.08 bits per heavy atom. The molecule has 1 aromatic heterocycles. The van der Waals surface area contributed by atoms with Crippen LogP contribution in [-0.4, -0.2) is 29.6 Å². The molecule has 2 atom stereocenters. The van der Waals surface area contributed by atoms with Crippen LogP contribution in [0.25, 0.3) is 0 Å². The quantitative estimate of drug-likeness (QED) is 0.723. The summed E-state index contributed by atoms with van der Waals surface area (Å²) in [6.07, 6.45) is 1.40. The number of rotatable bonds is 7. The van der Waals surface area contributed by atoms with Gasteiger partial charge >= 0.3 is 0 Å². The number of carbonyl (C=O) groups excluding carboxylic acids is 2. The fraction of sp³-hybridized carbons (Fsp3) is 0.333. The first-order valence-electron chi connectivity index (χ1n) is 7.83. The largest absolute Gasteiger partial charge is 0.459 e. The lowest BCUT2D eigenvalue weighted by Crippen LogP contribution is -2.50. The van der Waals surface area contributed by atoms with Crippen LogP contribution in [-0.2, 0) is 4.79 Å². The Labute approximate surface area is 140 Å². The van der Waals surface area contributed by atoms with E-state index >= 15 is 0 Å². The van der Waals surface area contributed by atoms with Gasteiger partial charge < -0.3 is 20.2 Å². The van der Waals surface area contributed by atoms with Gasteiger partial charge in [-0.15, -0.1) is 0 Å². The molecule has 0 radical (unpaired) electrons. The molecule has 0 bridgehead atoms. The summed E-state index contributed by atoms with van der Waals surface area (Å²) in [6, 6.07) is 11.1. The summed E-state index contributed by atoms with van der Waals surface area (Å²) in [4.78, 5) is 24.7. The van der Waals surface area contributed by atoms with Gasteiger partial charge in [0.2, 0.25) is 5.91 Å². The highest BCUT2D eigenvalue weighted by atomic mass is 16.3. The fourth-order valence-corrected chi connectivity index (χ4v) is 2.34. The summed E-state index contributed by atoms with van der Waals surface area (Å²) in [5, 5.41) is 15.0. The normalized spacial score (nSPS) is 13.3. The summed E-state index contributed by atoms with van der Waals surface area (Å²) < 4.78 is 5.04. The first-order valence-corrected chi connectivity index (χ1v) is 7.83. The van der Waals surface area contributed by atoms with E-state index in [1.807, 2.05) is 44.2 Å². The fourth-order valence-electron chi connectivity index (χ4n) is 2.34. The molecule has 2 rings (SSSR count). The number of furan rings is 1. The number of hydrogen-bond donors (Lipinski definition) is 3. The molecule has 0 saturated heterocycles. The topological polar surface area (TPSA) is 91.6 Å². The van der Waals surface area contributed by atoms with E-state index in [0.717, 1.165) is 5.56 Å². The summed E-state index contributed by atoms with van der Waals surface area (Å²) in [7, 11) is 0. The van der Waals surface area contributed by atoms with Gasteiger partial charge in [-0.1, -0.05) is 44.2 Å². The van der Waals surface area contributed by atoms with Crippen molar-refractivity contribution in [3.8, 4) is 0 Å². The average Bonchev–Trinajstić information content (AvgIpc) is 3.12. The molecule has 0 spiro atoms. The van der Waals surface area contributed by atoms with Gasteiger partial charge in [0.15, 0.2) is 5.76 Å². The van der Waals surface area contributed by atoms with Gasteiger partial charge in [-0.25, -0.2) is 0 Å². The van der Waals surface area contributed by atoms with E-state index in [-0.39, 0.29) is 24.2 Å². The lowest BCUT2D eigenvalue weighted by Gasteiger charge is -2.24. The SMILES string of the molecule is CC(C)C(NC(=O)c1ccco1)C(=O)N[C@H](CO)c1ccccc1. The average molecular weight is 330 g/mol. The van der Waals surface area contributed by atoms with Gasteiger partial charge in [0, 0.05) is 0 Å². The maximum atomic E-state index is 12.6. The molecule has 6 heteroatoms. The van der Waals surface area contributed by atoms with Crippen LogP contribution in [0.2, 0.25) is 0 Å². The molecule has 0 aliphatic carbocycles. The summed E-state index contributed by atoms with van der Waals surface area (Å²) in [6.45, 7) is 3.44. The predicted molar refractivity (Wildman–Crippen MR) is 89.2 cm³/mol. The molecule has 6 nitrogen and oxygen atoms in total. The van der Waals surface area contributed by atoms with Gasteiger partial charge in [0.25, 0.3) is 5.91 Å². The van der Waals surface area contributed by atoms with E-state index in [1.54, 1.807) is 6.07 Å². The zero-order valence-corrected chi connectivity index (χ0v) is 13.7. The second kappa shape index (κ2) is 8.31. The monoisotopic (exact) mass is 330 g/mol. The Morgan fingerprint density at radius 3 is 2.33 bits per heavy atom. The maximum absolute atomic E-state index is 12.6. The zero-order chi connectivity index (χ0) is 17.5. The molecule has 128 valence electrons. The Morgan fingerprint density at radius 2 is 1.79 bits per heavy atom. The first-order chi connectivity index (χ1) is 11.5. The Balaban J connectivity index is 2.07. The van der Waals surface area contributed by atoms with Crippen molar-refractivity contribution in [2.75, 3.05) is 6.61 Å². The van der Waals surface area contributed by atoms with Crippen LogP contribution in [0, 0.1) is 5.92 Å². The molecule has 2 amide bonds. The molecule has 2 aromatic rings. The minimum Gasteiger partial charge on any atom is -0.459 e. The molecule has 0 saturated carbocycles. The van der Waals surface area contributed by atoms with E-state index in [2.05, 4.69) is 10.6 Å². The first kappa shape index (κ1) is 17.7. The van der Waals surface area contributed by atoms with E-state index < -0.39 is 18.0 Å². The van der Waals surface area contributed by atoms with Gasteiger partial charge in [0.1, 0.15) is 6.04 Å². The third-order valence-electron chi connectivity index (χ3n) is 3.68.